The van der Waals surface area contributed by atoms with Crippen LogP contribution < -0.4 is 16.2 Å². The molecule has 0 spiro atoms. The summed E-state index contributed by atoms with van der Waals surface area (Å²) in [6.07, 6.45) is 1.11. The highest BCUT2D eigenvalue weighted by Gasteiger charge is 2.21. The fourth-order valence-electron chi connectivity index (χ4n) is 1.72. The van der Waals surface area contributed by atoms with Gasteiger partial charge in [0.2, 0.25) is 11.8 Å². The zero-order chi connectivity index (χ0) is 14.7. The highest BCUT2D eigenvalue weighted by Crippen LogP contribution is 2.26. The molecule has 0 fully saturated rings. The molecule has 0 aliphatic rings. The normalized spacial score (nSPS) is 10.3. The molecule has 9 heteroatoms. The minimum Gasteiger partial charge on any atom is -0.464 e. The van der Waals surface area contributed by atoms with E-state index in [1.54, 1.807) is 18.0 Å². The van der Waals surface area contributed by atoms with E-state index in [9.17, 15) is 10.1 Å². The second-order valence-corrected chi connectivity index (χ2v) is 4.17. The molecule has 0 saturated heterocycles. The van der Waals surface area contributed by atoms with Gasteiger partial charge in [0.05, 0.1) is 11.5 Å². The molecule has 3 N–H and O–H groups in total. The third kappa shape index (κ3) is 2.83. The summed E-state index contributed by atoms with van der Waals surface area (Å²) in [4.78, 5) is 19.8. The Bertz CT molecular complexity index is 626. The van der Waals surface area contributed by atoms with Crippen molar-refractivity contribution in [2.45, 2.75) is 13.5 Å². The third-order valence-electron chi connectivity index (χ3n) is 2.63. The summed E-state index contributed by atoms with van der Waals surface area (Å²) in [5.41, 5.74) is 2.06. The van der Waals surface area contributed by atoms with Gasteiger partial charge in [-0.2, -0.15) is 4.98 Å². The van der Waals surface area contributed by atoms with Gasteiger partial charge in [-0.3, -0.25) is 15.5 Å². The molecule has 9 nitrogen and oxygen atoms in total. The van der Waals surface area contributed by atoms with Crippen LogP contribution in [-0.2, 0) is 6.54 Å². The smallest absolute Gasteiger partial charge is 0.329 e. The Morgan fingerprint density at radius 1 is 1.55 bits per heavy atom. The largest absolute Gasteiger partial charge is 0.464 e. The number of aromatic nitrogens is 2. The zero-order valence-corrected chi connectivity index (χ0v) is 11.0. The number of nitrogens with two attached hydrogens (primary N) is 1. The molecule has 2 heterocycles. The van der Waals surface area contributed by atoms with Gasteiger partial charge in [0.1, 0.15) is 17.7 Å². The van der Waals surface area contributed by atoms with E-state index in [1.165, 1.54) is 0 Å². The van der Waals surface area contributed by atoms with Crippen molar-refractivity contribution in [2.75, 3.05) is 17.4 Å². The summed E-state index contributed by atoms with van der Waals surface area (Å²) in [6, 6.07) is 3.63. The standard InChI is InChI=1S/C11H14N6O3/c1-7-3-4-8(20-7)6-16(2)10-9(17(18)19)5-13-11(14-10)15-12/h3-5H,6,12H2,1-2H3,(H,13,14,15). The minimum atomic E-state index is -0.542. The number of furan rings is 1. The van der Waals surface area contributed by atoms with E-state index in [2.05, 4.69) is 15.4 Å². The summed E-state index contributed by atoms with van der Waals surface area (Å²) < 4.78 is 5.44. The molecular weight excluding hydrogens is 264 g/mol. The minimum absolute atomic E-state index is 0.105. The fourth-order valence-corrected chi connectivity index (χ4v) is 1.72. The third-order valence-corrected chi connectivity index (χ3v) is 2.63. The molecule has 20 heavy (non-hydrogen) atoms. The first-order valence-corrected chi connectivity index (χ1v) is 5.75. The zero-order valence-electron chi connectivity index (χ0n) is 11.0. The van der Waals surface area contributed by atoms with Crippen molar-refractivity contribution in [3.63, 3.8) is 0 Å². The van der Waals surface area contributed by atoms with Gasteiger partial charge < -0.3 is 9.32 Å². The van der Waals surface area contributed by atoms with Gasteiger partial charge in [-0.1, -0.05) is 0 Å². The number of nitrogens with one attached hydrogen (secondary N) is 1. The van der Waals surface area contributed by atoms with E-state index in [-0.39, 0.29) is 17.5 Å². The van der Waals surface area contributed by atoms with E-state index in [1.807, 2.05) is 13.0 Å². The number of nitrogens with zero attached hydrogens (tertiary/aromatic N) is 4. The lowest BCUT2D eigenvalue weighted by Gasteiger charge is -2.16. The van der Waals surface area contributed by atoms with Crippen LogP contribution in [-0.4, -0.2) is 21.9 Å². The van der Waals surface area contributed by atoms with Crippen LogP contribution in [0.25, 0.3) is 0 Å². The quantitative estimate of drug-likeness (QED) is 0.475. The Morgan fingerprint density at radius 3 is 2.85 bits per heavy atom. The summed E-state index contributed by atoms with van der Waals surface area (Å²) in [6.45, 7) is 2.17. The average molecular weight is 278 g/mol. The molecule has 0 atom stereocenters. The Kier molecular flexibility index (Phi) is 3.80. The van der Waals surface area contributed by atoms with Crippen molar-refractivity contribution >= 4 is 17.5 Å². The maximum absolute atomic E-state index is 11.0. The van der Waals surface area contributed by atoms with Crippen molar-refractivity contribution in [2.24, 2.45) is 5.84 Å². The van der Waals surface area contributed by atoms with Crippen LogP contribution in [0.2, 0.25) is 0 Å². The first-order valence-electron chi connectivity index (χ1n) is 5.75. The molecule has 2 aromatic heterocycles. The first kappa shape index (κ1) is 13.7. The maximum atomic E-state index is 11.0. The Labute approximate surface area is 114 Å². The molecule has 2 rings (SSSR count). The van der Waals surface area contributed by atoms with Crippen LogP contribution in [0.5, 0.6) is 0 Å². The lowest BCUT2D eigenvalue weighted by Crippen LogP contribution is -2.20. The van der Waals surface area contributed by atoms with Gasteiger partial charge in [0.15, 0.2) is 0 Å². The number of nitro groups is 1. The maximum Gasteiger partial charge on any atom is 0.329 e. The summed E-state index contributed by atoms with van der Waals surface area (Å²) in [5.74, 6) is 6.94. The van der Waals surface area contributed by atoms with E-state index >= 15 is 0 Å². The predicted molar refractivity (Wildman–Crippen MR) is 72.0 cm³/mol. The highest BCUT2D eigenvalue weighted by atomic mass is 16.6. The molecular formula is C11H14N6O3. The van der Waals surface area contributed by atoms with Gasteiger partial charge in [0, 0.05) is 7.05 Å². The van der Waals surface area contributed by atoms with Gasteiger partial charge in [-0.05, 0) is 19.1 Å². The molecule has 0 unspecified atom stereocenters. The molecule has 2 aromatic rings. The highest BCUT2D eigenvalue weighted by molar-refractivity contribution is 5.58. The molecule has 0 aliphatic carbocycles. The van der Waals surface area contributed by atoms with Crippen LogP contribution in [0.4, 0.5) is 17.5 Å². The molecule has 0 amide bonds. The SMILES string of the molecule is Cc1ccc(CN(C)c2nc(NN)ncc2[N+](=O)[O-])o1. The number of anilines is 2. The van der Waals surface area contributed by atoms with Gasteiger partial charge in [-0.15, -0.1) is 0 Å². The molecule has 106 valence electrons. The van der Waals surface area contributed by atoms with E-state index < -0.39 is 4.92 Å². The Balaban J connectivity index is 2.31. The second kappa shape index (κ2) is 5.53. The molecule has 0 radical (unpaired) electrons. The molecule has 0 aliphatic heterocycles. The fraction of sp³-hybridized carbons (Fsp3) is 0.273. The van der Waals surface area contributed by atoms with Crippen molar-refractivity contribution < 1.29 is 9.34 Å². The number of rotatable bonds is 5. The van der Waals surface area contributed by atoms with E-state index in [4.69, 9.17) is 10.3 Å². The summed E-state index contributed by atoms with van der Waals surface area (Å²) in [7, 11) is 1.67. The van der Waals surface area contributed by atoms with Crippen molar-refractivity contribution in [1.82, 2.24) is 9.97 Å². The topological polar surface area (TPSA) is 123 Å². The average Bonchev–Trinajstić information content (AvgIpc) is 2.83. The second-order valence-electron chi connectivity index (χ2n) is 4.17. The van der Waals surface area contributed by atoms with Crippen LogP contribution in [0.15, 0.2) is 22.7 Å². The Morgan fingerprint density at radius 2 is 2.30 bits per heavy atom. The Hall–Kier alpha value is -2.68. The van der Waals surface area contributed by atoms with E-state index in [0.29, 0.717) is 12.3 Å². The number of hydrazine groups is 1. The number of aryl methyl sites for hydroxylation is 1. The number of nitrogen functional groups attached to an aromatic ring is 1. The first-order chi connectivity index (χ1) is 9.51. The summed E-state index contributed by atoms with van der Waals surface area (Å²) in [5, 5.41) is 11.0. The van der Waals surface area contributed by atoms with Gasteiger partial charge in [-0.25, -0.2) is 10.8 Å². The van der Waals surface area contributed by atoms with E-state index in [0.717, 1.165) is 12.0 Å². The van der Waals surface area contributed by atoms with Crippen LogP contribution >= 0.6 is 0 Å². The lowest BCUT2D eigenvalue weighted by molar-refractivity contribution is -0.384. The summed E-state index contributed by atoms with van der Waals surface area (Å²) >= 11 is 0. The lowest BCUT2D eigenvalue weighted by atomic mass is 10.3. The van der Waals surface area contributed by atoms with Crippen molar-refractivity contribution in [3.05, 3.63) is 40.0 Å². The van der Waals surface area contributed by atoms with Crippen molar-refractivity contribution in [1.29, 1.82) is 0 Å². The molecule has 0 bridgehead atoms. The van der Waals surface area contributed by atoms with Gasteiger partial charge in [0.25, 0.3) is 0 Å². The molecule has 0 saturated carbocycles. The van der Waals surface area contributed by atoms with Crippen molar-refractivity contribution in [3.8, 4) is 0 Å². The number of hydrogen-bond donors (Lipinski definition) is 2. The van der Waals surface area contributed by atoms with Crippen LogP contribution in [0, 0.1) is 17.0 Å². The molecule has 0 aromatic carbocycles. The van der Waals surface area contributed by atoms with Crippen LogP contribution in [0.3, 0.4) is 0 Å². The van der Waals surface area contributed by atoms with Crippen LogP contribution in [0.1, 0.15) is 11.5 Å². The monoisotopic (exact) mass is 278 g/mol. The van der Waals surface area contributed by atoms with Gasteiger partial charge >= 0.3 is 5.69 Å². The predicted octanol–water partition coefficient (Wildman–Crippen LogP) is 1.21. The number of hydrogen-bond acceptors (Lipinski definition) is 8.